The van der Waals surface area contributed by atoms with Gasteiger partial charge in [0.15, 0.2) is 0 Å². The summed E-state index contributed by atoms with van der Waals surface area (Å²) in [6.45, 7) is 0. The van der Waals surface area contributed by atoms with Crippen LogP contribution in [-0.4, -0.2) is 35.7 Å². The zero-order valence-electron chi connectivity index (χ0n) is 7.93. The number of amides is 1. The molecule has 0 aromatic heterocycles. The van der Waals surface area contributed by atoms with Crippen molar-refractivity contribution in [2.24, 2.45) is 5.92 Å². The van der Waals surface area contributed by atoms with E-state index < -0.39 is 20.9 Å². The second-order valence-corrected chi connectivity index (χ2v) is 6.41. The van der Waals surface area contributed by atoms with Crippen LogP contribution < -0.4 is 0 Å². The molecule has 0 aliphatic heterocycles. The van der Waals surface area contributed by atoms with Crippen molar-refractivity contribution in [2.75, 3.05) is 7.05 Å². The number of carbonyl (C=O) groups is 1. The van der Waals surface area contributed by atoms with Crippen LogP contribution in [0, 0.1) is 5.92 Å². The number of nitrogens with zero attached hydrogens (tertiary/aromatic N) is 1. The van der Waals surface area contributed by atoms with Crippen LogP contribution in [0.2, 0.25) is 0 Å². The molecule has 80 valence electrons. The second kappa shape index (κ2) is 2.62. The summed E-state index contributed by atoms with van der Waals surface area (Å²) in [7, 11) is -2.52. The van der Waals surface area contributed by atoms with Crippen molar-refractivity contribution >= 4 is 16.1 Å². The lowest BCUT2D eigenvalue weighted by atomic mass is 10.3. The van der Waals surface area contributed by atoms with Crippen LogP contribution in [0.3, 0.4) is 0 Å². The van der Waals surface area contributed by atoms with Gasteiger partial charge in [-0.2, -0.15) is 0 Å². The molecule has 0 aromatic carbocycles. The second-order valence-electron chi connectivity index (χ2n) is 4.09. The Morgan fingerprint density at radius 2 is 1.93 bits per heavy atom. The minimum Gasteiger partial charge on any atom is -0.464 e. The quantitative estimate of drug-likeness (QED) is 0.764. The van der Waals surface area contributed by atoms with Crippen molar-refractivity contribution in [3.63, 3.8) is 0 Å². The predicted octanol–water partition coefficient (Wildman–Crippen LogP) is 0.869. The standard InChI is InChI=1S/C8H13NO4S/c1-9(7(10)11)14(12,13)8(4-5-8)6-2-3-6/h6H,2-5H2,1H3,(H,10,11). The molecule has 0 aromatic rings. The molecular formula is C8H13NO4S. The molecule has 2 aliphatic rings. The number of hydrogen-bond acceptors (Lipinski definition) is 3. The van der Waals surface area contributed by atoms with Crippen molar-refractivity contribution in [2.45, 2.75) is 30.4 Å². The summed E-state index contributed by atoms with van der Waals surface area (Å²) < 4.78 is 23.5. The van der Waals surface area contributed by atoms with Crippen molar-refractivity contribution in [3.05, 3.63) is 0 Å². The first-order valence-corrected chi connectivity index (χ1v) is 6.07. The van der Waals surface area contributed by atoms with Gasteiger partial charge in [-0.25, -0.2) is 17.5 Å². The largest absolute Gasteiger partial charge is 0.464 e. The van der Waals surface area contributed by atoms with Crippen LogP contribution in [0.1, 0.15) is 25.7 Å². The molecule has 1 N–H and O–H groups in total. The number of rotatable bonds is 3. The maximum absolute atomic E-state index is 11.9. The Kier molecular flexibility index (Phi) is 1.83. The van der Waals surface area contributed by atoms with E-state index in [-0.39, 0.29) is 5.92 Å². The average molecular weight is 219 g/mol. The van der Waals surface area contributed by atoms with Gasteiger partial charge in [0.25, 0.3) is 0 Å². The smallest absolute Gasteiger partial charge is 0.420 e. The fourth-order valence-corrected chi connectivity index (χ4v) is 4.01. The molecule has 0 bridgehead atoms. The molecule has 6 heteroatoms. The molecule has 5 nitrogen and oxygen atoms in total. The normalized spacial score (nSPS) is 24.4. The van der Waals surface area contributed by atoms with Gasteiger partial charge in [0.2, 0.25) is 10.0 Å². The maximum Gasteiger partial charge on any atom is 0.420 e. The Hall–Kier alpha value is -0.780. The summed E-state index contributed by atoms with van der Waals surface area (Å²) in [4.78, 5) is 10.6. The van der Waals surface area contributed by atoms with Crippen LogP contribution in [-0.2, 0) is 10.0 Å². The van der Waals surface area contributed by atoms with Crippen molar-refractivity contribution in [3.8, 4) is 0 Å². The van der Waals surface area contributed by atoms with Crippen LogP contribution in [0.4, 0.5) is 4.79 Å². The van der Waals surface area contributed by atoms with E-state index in [9.17, 15) is 13.2 Å². The molecule has 2 aliphatic carbocycles. The zero-order valence-corrected chi connectivity index (χ0v) is 8.75. The van der Waals surface area contributed by atoms with E-state index in [0.717, 1.165) is 19.9 Å². The molecule has 2 fully saturated rings. The topological polar surface area (TPSA) is 74.7 Å². The summed E-state index contributed by atoms with van der Waals surface area (Å²) in [6.07, 6.45) is 1.70. The molecule has 0 spiro atoms. The first-order chi connectivity index (χ1) is 6.42. The van der Waals surface area contributed by atoms with E-state index in [4.69, 9.17) is 5.11 Å². The van der Waals surface area contributed by atoms with Crippen LogP contribution >= 0.6 is 0 Å². The number of hydrogen-bond donors (Lipinski definition) is 1. The highest BCUT2D eigenvalue weighted by atomic mass is 32.2. The zero-order chi connectivity index (χ0) is 10.6. The lowest BCUT2D eigenvalue weighted by Crippen LogP contribution is -2.41. The highest BCUT2D eigenvalue weighted by molar-refractivity contribution is 7.91. The molecule has 14 heavy (non-hydrogen) atoms. The fourth-order valence-electron chi connectivity index (χ4n) is 1.98. The van der Waals surface area contributed by atoms with Gasteiger partial charge in [-0.3, -0.25) is 0 Å². The SMILES string of the molecule is CN(C(=O)O)S(=O)(=O)C1(C2CC2)CC1. The Morgan fingerprint density at radius 1 is 1.43 bits per heavy atom. The van der Waals surface area contributed by atoms with E-state index in [2.05, 4.69) is 0 Å². The Bertz CT molecular complexity index is 367. The van der Waals surface area contributed by atoms with Gasteiger partial charge in [0, 0.05) is 7.05 Å². The van der Waals surface area contributed by atoms with Crippen molar-refractivity contribution in [1.82, 2.24) is 4.31 Å². The summed E-state index contributed by atoms with van der Waals surface area (Å²) in [5.41, 5.74) is 0. The van der Waals surface area contributed by atoms with Crippen LogP contribution in [0.15, 0.2) is 0 Å². The van der Waals surface area contributed by atoms with E-state index in [1.54, 1.807) is 0 Å². The lowest BCUT2D eigenvalue weighted by Gasteiger charge is -2.21. The molecule has 0 unspecified atom stereocenters. The van der Waals surface area contributed by atoms with Gasteiger partial charge in [-0.15, -0.1) is 0 Å². The fraction of sp³-hybridized carbons (Fsp3) is 0.875. The summed E-state index contributed by atoms with van der Waals surface area (Å²) >= 11 is 0. The van der Waals surface area contributed by atoms with E-state index in [1.807, 2.05) is 0 Å². The van der Waals surface area contributed by atoms with Gasteiger partial charge in [-0.1, -0.05) is 0 Å². The third-order valence-electron chi connectivity index (χ3n) is 3.21. The monoisotopic (exact) mass is 219 g/mol. The van der Waals surface area contributed by atoms with Crippen LogP contribution in [0.5, 0.6) is 0 Å². The Morgan fingerprint density at radius 3 is 2.21 bits per heavy atom. The molecule has 0 heterocycles. The maximum atomic E-state index is 11.9. The van der Waals surface area contributed by atoms with Gasteiger partial charge in [0.1, 0.15) is 0 Å². The summed E-state index contributed by atoms with van der Waals surface area (Å²) in [6, 6.07) is 0. The molecule has 0 saturated heterocycles. The predicted molar refractivity (Wildman–Crippen MR) is 49.4 cm³/mol. The molecular weight excluding hydrogens is 206 g/mol. The van der Waals surface area contributed by atoms with E-state index in [0.29, 0.717) is 17.1 Å². The third kappa shape index (κ3) is 1.13. The third-order valence-corrected chi connectivity index (χ3v) is 5.85. The Labute approximate surface area is 82.8 Å². The van der Waals surface area contributed by atoms with E-state index >= 15 is 0 Å². The van der Waals surface area contributed by atoms with Gasteiger partial charge in [0.05, 0.1) is 4.75 Å². The first-order valence-electron chi connectivity index (χ1n) is 4.63. The van der Waals surface area contributed by atoms with Crippen LogP contribution in [0.25, 0.3) is 0 Å². The minimum atomic E-state index is -3.63. The molecule has 0 atom stereocenters. The molecule has 2 rings (SSSR count). The van der Waals surface area contributed by atoms with Gasteiger partial charge < -0.3 is 5.11 Å². The summed E-state index contributed by atoms with van der Waals surface area (Å²) in [5.74, 6) is 0.203. The van der Waals surface area contributed by atoms with Crippen molar-refractivity contribution < 1.29 is 18.3 Å². The molecule has 2 saturated carbocycles. The highest BCUT2D eigenvalue weighted by Gasteiger charge is 2.64. The van der Waals surface area contributed by atoms with Gasteiger partial charge in [-0.05, 0) is 31.6 Å². The average Bonchev–Trinajstić information content (AvgIpc) is 2.90. The van der Waals surface area contributed by atoms with Crippen molar-refractivity contribution in [1.29, 1.82) is 0 Å². The number of sulfonamides is 1. The Balaban J connectivity index is 2.28. The highest BCUT2D eigenvalue weighted by Crippen LogP contribution is 2.59. The molecule has 0 radical (unpaired) electrons. The summed E-state index contributed by atoms with van der Waals surface area (Å²) in [5, 5.41) is 8.66. The lowest BCUT2D eigenvalue weighted by molar-refractivity contribution is 0.177. The molecule has 1 amide bonds. The first kappa shape index (κ1) is 9.76. The minimum absolute atomic E-state index is 0.203. The van der Waals surface area contributed by atoms with E-state index in [1.165, 1.54) is 0 Å². The van der Waals surface area contributed by atoms with Gasteiger partial charge >= 0.3 is 6.09 Å². The number of carboxylic acid groups (broad SMARTS) is 1.